The van der Waals surface area contributed by atoms with Crippen molar-refractivity contribution >= 4 is 5.91 Å². The molecule has 0 spiro atoms. The summed E-state index contributed by atoms with van der Waals surface area (Å²) in [5.41, 5.74) is -2.24. The Morgan fingerprint density at radius 3 is 2.19 bits per heavy atom. The second kappa shape index (κ2) is 9.32. The molecular weight excluding hydrogens is 358 g/mol. The van der Waals surface area contributed by atoms with Crippen molar-refractivity contribution in [2.45, 2.75) is 61.5 Å². The van der Waals surface area contributed by atoms with Gasteiger partial charge in [-0.1, -0.05) is 0 Å². The maximum absolute atomic E-state index is 11.6. The van der Waals surface area contributed by atoms with Gasteiger partial charge in [-0.05, 0) is 6.92 Å². The van der Waals surface area contributed by atoms with Gasteiger partial charge in [0, 0.05) is 7.05 Å². The minimum absolute atomic E-state index is 0.743. The van der Waals surface area contributed by atoms with Crippen LogP contribution in [0, 0.1) is 0 Å². The summed E-state index contributed by atoms with van der Waals surface area (Å²) in [6.45, 7) is -0.662. The third-order valence-electron chi connectivity index (χ3n) is 4.45. The summed E-state index contributed by atoms with van der Waals surface area (Å²) in [6, 6.07) is 0. The molecule has 1 saturated heterocycles. The smallest absolute Gasteiger partial charge is 0.251 e. The average Bonchev–Trinajstić information content (AvgIpc) is 2.65. The Hall–Kier alpha value is -0.930. The summed E-state index contributed by atoms with van der Waals surface area (Å²) in [6.07, 6.45) is -14.4. The van der Waals surface area contributed by atoms with Gasteiger partial charge in [-0.2, -0.15) is 0 Å². The first-order chi connectivity index (χ1) is 12.0. The third-order valence-corrected chi connectivity index (χ3v) is 4.45. The van der Waals surface area contributed by atoms with E-state index in [0.29, 0.717) is 0 Å². The van der Waals surface area contributed by atoms with E-state index in [1.165, 1.54) is 7.05 Å². The molecule has 0 aromatic rings. The normalized spacial score (nSPS) is 35.2. The van der Waals surface area contributed by atoms with Crippen molar-refractivity contribution in [3.63, 3.8) is 0 Å². The number of carbonyl (C=O) groups is 1. The quantitative estimate of drug-likeness (QED) is 0.192. The molecule has 1 aliphatic heterocycles. The number of hydrogen-bond acceptors (Lipinski definition) is 11. The number of ether oxygens (including phenoxy) is 2. The van der Waals surface area contributed by atoms with Gasteiger partial charge in [-0.3, -0.25) is 4.79 Å². The van der Waals surface area contributed by atoms with Crippen molar-refractivity contribution in [1.29, 1.82) is 0 Å². The predicted octanol–water partition coefficient (Wildman–Crippen LogP) is -5.62. The van der Waals surface area contributed by atoms with Crippen LogP contribution < -0.4 is 5.32 Å². The van der Waals surface area contributed by atoms with Gasteiger partial charge >= 0.3 is 0 Å². The van der Waals surface area contributed by atoms with Gasteiger partial charge in [-0.15, -0.1) is 0 Å². The summed E-state index contributed by atoms with van der Waals surface area (Å²) in [5, 5.41) is 80.2. The molecule has 12 nitrogen and oxygen atoms in total. The van der Waals surface area contributed by atoms with Crippen LogP contribution in [0.3, 0.4) is 0 Å². The van der Waals surface area contributed by atoms with E-state index in [-0.39, 0.29) is 0 Å². The van der Waals surface area contributed by atoms with Gasteiger partial charge in [0.2, 0.25) is 0 Å². The second-order valence-corrected chi connectivity index (χ2v) is 6.20. The minimum Gasteiger partial charge on any atom is -0.394 e. The van der Waals surface area contributed by atoms with Crippen LogP contribution in [0.15, 0.2) is 0 Å². The van der Waals surface area contributed by atoms with Gasteiger partial charge in [0.15, 0.2) is 12.4 Å². The Morgan fingerprint density at radius 1 is 1.15 bits per heavy atom. The van der Waals surface area contributed by atoms with Crippen LogP contribution in [0.5, 0.6) is 0 Å². The van der Waals surface area contributed by atoms with Gasteiger partial charge in [0.1, 0.15) is 42.2 Å². The maximum atomic E-state index is 11.6. The maximum Gasteiger partial charge on any atom is 0.251 e. The number of aliphatic hydroxyl groups is 8. The fourth-order valence-corrected chi connectivity index (χ4v) is 2.55. The molecule has 0 unspecified atom stereocenters. The molecule has 0 radical (unpaired) electrons. The first-order valence-corrected chi connectivity index (χ1v) is 7.90. The Balaban J connectivity index is 3.11. The SMILES string of the molecule is CNC(=O)[C@@H](O)[C@H](O)[C@](C)(O[C@@H]1O[C@@H](CO)[C@H](O)[C@@H](O)[C@@H]1O)[C@@H](O)CO. The zero-order valence-corrected chi connectivity index (χ0v) is 14.3. The molecule has 1 amide bonds. The first kappa shape index (κ1) is 23.1. The van der Waals surface area contributed by atoms with E-state index in [1.807, 2.05) is 0 Å². The average molecular weight is 385 g/mol. The zero-order valence-electron chi connectivity index (χ0n) is 14.3. The lowest BCUT2D eigenvalue weighted by Crippen LogP contribution is -2.66. The van der Waals surface area contributed by atoms with Crippen molar-refractivity contribution in [2.24, 2.45) is 0 Å². The highest BCUT2D eigenvalue weighted by atomic mass is 16.7. The van der Waals surface area contributed by atoms with Gasteiger partial charge in [0.05, 0.1) is 13.2 Å². The van der Waals surface area contributed by atoms with Crippen molar-refractivity contribution in [3.8, 4) is 0 Å². The molecule has 154 valence electrons. The van der Waals surface area contributed by atoms with Crippen LogP contribution in [0.2, 0.25) is 0 Å². The monoisotopic (exact) mass is 385 g/mol. The number of amides is 1. The summed E-state index contributed by atoms with van der Waals surface area (Å²) in [5.74, 6) is -1.01. The lowest BCUT2D eigenvalue weighted by Gasteiger charge is -2.46. The molecule has 0 aromatic carbocycles. The molecule has 0 saturated carbocycles. The van der Waals surface area contributed by atoms with E-state index in [4.69, 9.17) is 9.47 Å². The first-order valence-electron chi connectivity index (χ1n) is 7.90. The van der Waals surface area contributed by atoms with E-state index in [0.717, 1.165) is 6.92 Å². The molecule has 1 aliphatic rings. The molecule has 12 heteroatoms. The number of likely N-dealkylation sites (N-methyl/N-ethyl adjacent to an activating group) is 1. The van der Waals surface area contributed by atoms with Crippen LogP contribution in [-0.4, -0.2) is 122 Å². The Morgan fingerprint density at radius 2 is 1.73 bits per heavy atom. The summed E-state index contributed by atoms with van der Waals surface area (Å²) < 4.78 is 10.4. The van der Waals surface area contributed by atoms with E-state index in [1.54, 1.807) is 0 Å². The number of aliphatic hydroxyl groups excluding tert-OH is 8. The Kier molecular flexibility index (Phi) is 8.29. The van der Waals surface area contributed by atoms with Gasteiger partial charge in [0.25, 0.3) is 5.91 Å². The van der Waals surface area contributed by atoms with Crippen molar-refractivity contribution < 1.29 is 55.1 Å². The Labute approximate surface area is 149 Å². The Bertz CT molecular complexity index is 464. The molecule has 0 bridgehead atoms. The van der Waals surface area contributed by atoms with Gasteiger partial charge < -0.3 is 55.6 Å². The van der Waals surface area contributed by atoms with E-state index >= 15 is 0 Å². The largest absolute Gasteiger partial charge is 0.394 e. The highest BCUT2D eigenvalue weighted by molar-refractivity contribution is 5.81. The summed E-state index contributed by atoms with van der Waals surface area (Å²) in [4.78, 5) is 11.6. The molecule has 9 N–H and O–H groups in total. The van der Waals surface area contributed by atoms with Crippen molar-refractivity contribution in [3.05, 3.63) is 0 Å². The van der Waals surface area contributed by atoms with Crippen molar-refractivity contribution in [2.75, 3.05) is 20.3 Å². The van der Waals surface area contributed by atoms with E-state index < -0.39 is 73.7 Å². The van der Waals surface area contributed by atoms with Crippen LogP contribution in [0.25, 0.3) is 0 Å². The highest BCUT2D eigenvalue weighted by Gasteiger charge is 2.52. The number of carbonyl (C=O) groups excluding carboxylic acids is 1. The molecule has 1 heterocycles. The molecule has 0 aromatic heterocycles. The van der Waals surface area contributed by atoms with Gasteiger partial charge in [-0.25, -0.2) is 0 Å². The summed E-state index contributed by atoms with van der Waals surface area (Å²) in [7, 11) is 1.19. The topological polar surface area (TPSA) is 209 Å². The fourth-order valence-electron chi connectivity index (χ4n) is 2.55. The van der Waals surface area contributed by atoms with Crippen LogP contribution in [-0.2, 0) is 14.3 Å². The highest BCUT2D eigenvalue weighted by Crippen LogP contribution is 2.30. The predicted molar refractivity (Wildman–Crippen MR) is 82.4 cm³/mol. The number of nitrogens with one attached hydrogen (secondary N) is 1. The molecule has 9 atom stereocenters. The lowest BCUT2D eigenvalue weighted by molar-refractivity contribution is -0.348. The third kappa shape index (κ3) is 4.48. The lowest BCUT2D eigenvalue weighted by atomic mass is 9.88. The van der Waals surface area contributed by atoms with Crippen LogP contribution in [0.4, 0.5) is 0 Å². The van der Waals surface area contributed by atoms with E-state index in [2.05, 4.69) is 5.32 Å². The van der Waals surface area contributed by atoms with E-state index in [9.17, 15) is 45.6 Å². The zero-order chi connectivity index (χ0) is 20.2. The molecular formula is C14H27NO11. The number of hydrogen-bond donors (Lipinski definition) is 9. The van der Waals surface area contributed by atoms with Crippen molar-refractivity contribution in [1.82, 2.24) is 5.32 Å². The summed E-state index contributed by atoms with van der Waals surface area (Å²) >= 11 is 0. The second-order valence-electron chi connectivity index (χ2n) is 6.20. The number of rotatable bonds is 8. The molecule has 0 aliphatic carbocycles. The van der Waals surface area contributed by atoms with Crippen LogP contribution >= 0.6 is 0 Å². The minimum atomic E-state index is -2.24. The standard InChI is InChI=1S/C14H27NO11/c1-14(6(18)4-17,11(23)10(22)12(24)15-2)26-13-9(21)8(20)7(19)5(3-16)25-13/h5-11,13,16-23H,3-4H2,1-2H3,(H,15,24)/t5-,6-,7-,8+,9-,10-,11-,13-,14+/m0/s1. The molecule has 1 fully saturated rings. The van der Waals surface area contributed by atoms with Crippen LogP contribution in [0.1, 0.15) is 6.92 Å². The fraction of sp³-hybridized carbons (Fsp3) is 0.929. The molecule has 26 heavy (non-hydrogen) atoms. The molecule has 1 rings (SSSR count).